The molecule has 2 saturated heterocycles. The number of likely N-dealkylation sites (tertiary alicyclic amines) is 2. The number of hydrogen-bond acceptors (Lipinski definition) is 3. The predicted molar refractivity (Wildman–Crippen MR) is 135 cm³/mol. The third kappa shape index (κ3) is 4.62. The van der Waals surface area contributed by atoms with E-state index in [0.717, 1.165) is 22.9 Å². The highest BCUT2D eigenvalue weighted by molar-refractivity contribution is 6.01. The van der Waals surface area contributed by atoms with E-state index >= 15 is 0 Å². The Morgan fingerprint density at radius 3 is 2.39 bits per heavy atom. The minimum Gasteiger partial charge on any atom is -0.350 e. The smallest absolute Gasteiger partial charge is 0.270 e. The van der Waals surface area contributed by atoms with Crippen LogP contribution >= 0.6 is 0 Å². The molecule has 36 heavy (non-hydrogen) atoms. The summed E-state index contributed by atoms with van der Waals surface area (Å²) in [6.07, 6.45) is 2.08. The Morgan fingerprint density at radius 2 is 1.69 bits per heavy atom. The molecule has 1 unspecified atom stereocenters. The zero-order valence-electron chi connectivity index (χ0n) is 20.8. The number of H-pyrrole nitrogens is 1. The second-order valence-corrected chi connectivity index (χ2v) is 10.0. The van der Waals surface area contributed by atoms with Gasteiger partial charge < -0.3 is 14.8 Å². The average Bonchev–Trinajstić information content (AvgIpc) is 3.50. The number of carbonyl (C=O) groups is 2. The summed E-state index contributed by atoms with van der Waals surface area (Å²) in [5, 5.41) is 1.01. The molecule has 2 aliphatic rings. The van der Waals surface area contributed by atoms with E-state index in [1.165, 1.54) is 18.2 Å². The summed E-state index contributed by atoms with van der Waals surface area (Å²) in [4.78, 5) is 34.6. The Bertz CT molecular complexity index is 1260. The van der Waals surface area contributed by atoms with Crippen molar-refractivity contribution < 1.29 is 18.4 Å². The molecule has 0 bridgehead atoms. The Kier molecular flexibility index (Phi) is 6.79. The van der Waals surface area contributed by atoms with Gasteiger partial charge in [-0.2, -0.15) is 0 Å². The number of para-hydroxylation sites is 1. The highest BCUT2D eigenvalue weighted by Gasteiger charge is 2.33. The molecule has 0 saturated carbocycles. The van der Waals surface area contributed by atoms with Crippen molar-refractivity contribution >= 4 is 22.7 Å². The predicted octanol–water partition coefficient (Wildman–Crippen LogP) is 4.52. The van der Waals surface area contributed by atoms with Crippen molar-refractivity contribution in [3.05, 3.63) is 70.9 Å². The number of fused-ring (bicyclic) bond motifs is 1. The highest BCUT2D eigenvalue weighted by Crippen LogP contribution is 2.33. The van der Waals surface area contributed by atoms with Crippen LogP contribution in [-0.4, -0.2) is 70.8 Å². The lowest BCUT2D eigenvalue weighted by molar-refractivity contribution is -0.129. The molecule has 190 valence electrons. The van der Waals surface area contributed by atoms with Crippen LogP contribution in [-0.2, 0) is 11.3 Å². The number of aromatic amines is 1. The summed E-state index contributed by atoms with van der Waals surface area (Å²) >= 11 is 0. The number of benzene rings is 2. The molecule has 2 aromatic carbocycles. The molecule has 2 fully saturated rings. The summed E-state index contributed by atoms with van der Waals surface area (Å²) in [6.45, 7) is 4.65. The normalized spacial score (nSPS) is 19.2. The van der Waals surface area contributed by atoms with Gasteiger partial charge in [-0.25, -0.2) is 8.78 Å². The standard InChI is InChI=1S/C28H32F2N4O2/c1-18(35)32(2)20-12-15-34(16-20)28(36)27-22(21-6-3-4-9-25(21)31-27)17-33-13-10-19(11-14-33)26-23(29)7-5-8-24(26)30/h3-9,19-20,31H,10-17H2,1-2H3. The lowest BCUT2D eigenvalue weighted by Crippen LogP contribution is -2.39. The fourth-order valence-corrected chi connectivity index (χ4v) is 5.71. The zero-order valence-corrected chi connectivity index (χ0v) is 20.8. The zero-order chi connectivity index (χ0) is 25.4. The summed E-state index contributed by atoms with van der Waals surface area (Å²) < 4.78 is 28.6. The molecule has 2 amide bonds. The van der Waals surface area contributed by atoms with Crippen LogP contribution in [0, 0.1) is 11.6 Å². The van der Waals surface area contributed by atoms with Gasteiger partial charge in [-0.05, 0) is 56.5 Å². The first-order valence-corrected chi connectivity index (χ1v) is 12.6. The van der Waals surface area contributed by atoms with Crippen LogP contribution in [0.4, 0.5) is 8.78 Å². The van der Waals surface area contributed by atoms with Crippen molar-refractivity contribution in [2.24, 2.45) is 0 Å². The van der Waals surface area contributed by atoms with E-state index in [0.29, 0.717) is 51.3 Å². The van der Waals surface area contributed by atoms with E-state index in [1.54, 1.807) is 18.9 Å². The molecular weight excluding hydrogens is 462 g/mol. The Balaban J connectivity index is 1.34. The molecule has 0 spiro atoms. The largest absolute Gasteiger partial charge is 0.350 e. The average molecular weight is 495 g/mol. The number of nitrogens with one attached hydrogen (secondary N) is 1. The van der Waals surface area contributed by atoms with Gasteiger partial charge in [-0.1, -0.05) is 24.3 Å². The topological polar surface area (TPSA) is 59.7 Å². The first-order chi connectivity index (χ1) is 17.3. The van der Waals surface area contributed by atoms with Gasteiger partial charge in [-0.15, -0.1) is 0 Å². The maximum atomic E-state index is 14.3. The second-order valence-electron chi connectivity index (χ2n) is 10.0. The quantitative estimate of drug-likeness (QED) is 0.568. The number of likely N-dealkylation sites (N-methyl/N-ethyl adjacent to an activating group) is 1. The number of rotatable bonds is 5. The summed E-state index contributed by atoms with van der Waals surface area (Å²) in [5.74, 6) is -1.15. The van der Waals surface area contributed by atoms with Gasteiger partial charge in [0, 0.05) is 55.6 Å². The van der Waals surface area contributed by atoms with Crippen LogP contribution in [0.2, 0.25) is 0 Å². The van der Waals surface area contributed by atoms with Gasteiger partial charge in [0.15, 0.2) is 0 Å². The van der Waals surface area contributed by atoms with Crippen molar-refractivity contribution in [1.29, 1.82) is 0 Å². The number of piperidine rings is 1. The minimum atomic E-state index is -0.475. The fourth-order valence-electron chi connectivity index (χ4n) is 5.71. The highest BCUT2D eigenvalue weighted by atomic mass is 19.1. The van der Waals surface area contributed by atoms with Crippen molar-refractivity contribution in [1.82, 2.24) is 19.7 Å². The number of amides is 2. The first kappa shape index (κ1) is 24.4. The molecule has 8 heteroatoms. The van der Waals surface area contributed by atoms with Gasteiger partial charge in [0.05, 0.1) is 6.04 Å². The van der Waals surface area contributed by atoms with E-state index < -0.39 is 11.6 Å². The van der Waals surface area contributed by atoms with Crippen LogP contribution < -0.4 is 0 Å². The molecule has 6 nitrogen and oxygen atoms in total. The molecule has 5 rings (SSSR count). The number of nitrogens with zero attached hydrogens (tertiary/aromatic N) is 3. The SMILES string of the molecule is CC(=O)N(C)C1CCN(C(=O)c2[nH]c3ccccc3c2CN2CCC(c3c(F)cccc3F)CC2)C1. The third-order valence-electron chi connectivity index (χ3n) is 7.90. The fraction of sp³-hybridized carbons (Fsp3) is 0.429. The van der Waals surface area contributed by atoms with Gasteiger partial charge in [0.2, 0.25) is 5.91 Å². The molecule has 1 aromatic heterocycles. The Labute approximate surface area is 209 Å². The van der Waals surface area contributed by atoms with E-state index in [2.05, 4.69) is 9.88 Å². The maximum Gasteiger partial charge on any atom is 0.270 e. The molecule has 2 aliphatic heterocycles. The van der Waals surface area contributed by atoms with Crippen molar-refractivity contribution in [2.75, 3.05) is 33.2 Å². The van der Waals surface area contributed by atoms with Gasteiger partial charge in [0.1, 0.15) is 17.3 Å². The van der Waals surface area contributed by atoms with Crippen LogP contribution in [0.3, 0.4) is 0 Å². The number of carbonyl (C=O) groups excluding carboxylic acids is 2. The van der Waals surface area contributed by atoms with Crippen molar-refractivity contribution in [2.45, 2.75) is 44.7 Å². The first-order valence-electron chi connectivity index (χ1n) is 12.6. The maximum absolute atomic E-state index is 14.3. The van der Waals surface area contributed by atoms with Gasteiger partial charge >= 0.3 is 0 Å². The van der Waals surface area contributed by atoms with Crippen molar-refractivity contribution in [3.63, 3.8) is 0 Å². The molecule has 3 aromatic rings. The minimum absolute atomic E-state index is 0.000678. The molecule has 1 atom stereocenters. The molecular formula is C28H32F2N4O2. The lowest BCUT2D eigenvalue weighted by Gasteiger charge is -2.32. The number of aromatic nitrogens is 1. The van der Waals surface area contributed by atoms with Crippen LogP contribution in [0.5, 0.6) is 0 Å². The van der Waals surface area contributed by atoms with Crippen LogP contribution in [0.25, 0.3) is 10.9 Å². The summed E-state index contributed by atoms with van der Waals surface area (Å²) in [7, 11) is 1.78. The van der Waals surface area contributed by atoms with Gasteiger partial charge in [0.25, 0.3) is 5.91 Å². The Hall–Kier alpha value is -3.26. The van der Waals surface area contributed by atoms with E-state index in [4.69, 9.17) is 0 Å². The van der Waals surface area contributed by atoms with E-state index in [-0.39, 0.29) is 29.3 Å². The van der Waals surface area contributed by atoms with Crippen molar-refractivity contribution in [3.8, 4) is 0 Å². The molecule has 1 N–H and O–H groups in total. The molecule has 0 aliphatic carbocycles. The second kappa shape index (κ2) is 10.0. The lowest BCUT2D eigenvalue weighted by atomic mass is 9.88. The third-order valence-corrected chi connectivity index (χ3v) is 7.90. The number of hydrogen-bond donors (Lipinski definition) is 1. The number of halogens is 2. The molecule has 0 radical (unpaired) electrons. The van der Waals surface area contributed by atoms with E-state index in [9.17, 15) is 18.4 Å². The van der Waals surface area contributed by atoms with Crippen LogP contribution in [0.1, 0.15) is 53.7 Å². The van der Waals surface area contributed by atoms with E-state index in [1.807, 2.05) is 29.2 Å². The summed E-state index contributed by atoms with van der Waals surface area (Å²) in [5.41, 5.74) is 2.65. The van der Waals surface area contributed by atoms with Crippen LogP contribution in [0.15, 0.2) is 42.5 Å². The van der Waals surface area contributed by atoms with Gasteiger partial charge in [-0.3, -0.25) is 14.5 Å². The monoisotopic (exact) mass is 494 g/mol. The summed E-state index contributed by atoms with van der Waals surface area (Å²) in [6, 6.07) is 12.0. The molecule has 3 heterocycles. The Morgan fingerprint density at radius 1 is 1.00 bits per heavy atom.